The van der Waals surface area contributed by atoms with Crippen LogP contribution in [0.25, 0.3) is 11.0 Å². The van der Waals surface area contributed by atoms with E-state index in [1.54, 1.807) is 0 Å². The number of aliphatic hydroxyl groups excluding tert-OH is 1. The van der Waals surface area contributed by atoms with Gasteiger partial charge in [-0.2, -0.15) is 0 Å². The lowest BCUT2D eigenvalue weighted by molar-refractivity contribution is 0.267. The Kier molecular flexibility index (Phi) is 3.64. The number of H-pyrrole nitrogens is 1. The smallest absolute Gasteiger partial charge is 0.201 e. The quantitative estimate of drug-likeness (QED) is 0.743. The third-order valence-electron chi connectivity index (χ3n) is 2.96. The van der Waals surface area contributed by atoms with Crippen molar-refractivity contribution in [2.45, 2.75) is 26.3 Å². The molecular weight excluding hydrogens is 214 g/mol. The molecule has 4 heteroatoms. The Morgan fingerprint density at radius 2 is 2.12 bits per heavy atom. The van der Waals surface area contributed by atoms with E-state index in [0.29, 0.717) is 5.92 Å². The highest BCUT2D eigenvalue weighted by atomic mass is 16.3. The number of aliphatic hydroxyl groups is 1. The third-order valence-corrected chi connectivity index (χ3v) is 2.96. The predicted molar refractivity (Wildman–Crippen MR) is 70.0 cm³/mol. The number of anilines is 1. The van der Waals surface area contributed by atoms with Gasteiger partial charge >= 0.3 is 0 Å². The molecule has 0 aliphatic carbocycles. The van der Waals surface area contributed by atoms with Gasteiger partial charge < -0.3 is 15.4 Å². The molecule has 4 nitrogen and oxygen atoms in total. The minimum Gasteiger partial charge on any atom is -0.396 e. The van der Waals surface area contributed by atoms with Crippen molar-refractivity contribution in [1.82, 2.24) is 9.97 Å². The average molecular weight is 233 g/mol. The van der Waals surface area contributed by atoms with Crippen LogP contribution in [0.2, 0.25) is 0 Å². The molecule has 0 amide bonds. The highest BCUT2D eigenvalue weighted by Crippen LogP contribution is 2.17. The first kappa shape index (κ1) is 11.9. The van der Waals surface area contributed by atoms with Gasteiger partial charge in [-0.3, -0.25) is 0 Å². The van der Waals surface area contributed by atoms with Crippen LogP contribution in [0, 0.1) is 5.92 Å². The van der Waals surface area contributed by atoms with E-state index in [9.17, 15) is 0 Å². The van der Waals surface area contributed by atoms with Crippen LogP contribution in [-0.4, -0.2) is 27.7 Å². The van der Waals surface area contributed by atoms with Crippen molar-refractivity contribution in [3.8, 4) is 0 Å². The molecule has 3 N–H and O–H groups in total. The molecule has 1 aromatic carbocycles. The molecule has 1 atom stereocenters. The van der Waals surface area contributed by atoms with Crippen LogP contribution >= 0.6 is 0 Å². The average Bonchev–Trinajstić information content (AvgIpc) is 2.70. The van der Waals surface area contributed by atoms with Crippen molar-refractivity contribution < 1.29 is 5.11 Å². The van der Waals surface area contributed by atoms with E-state index in [2.05, 4.69) is 29.1 Å². The molecule has 0 saturated heterocycles. The van der Waals surface area contributed by atoms with Gasteiger partial charge in [0.2, 0.25) is 5.95 Å². The molecule has 1 aromatic heterocycles. The Hall–Kier alpha value is -1.55. The van der Waals surface area contributed by atoms with Crippen molar-refractivity contribution in [2.75, 3.05) is 11.9 Å². The summed E-state index contributed by atoms with van der Waals surface area (Å²) in [6.45, 7) is 4.46. The van der Waals surface area contributed by atoms with E-state index in [-0.39, 0.29) is 12.6 Å². The molecule has 92 valence electrons. The van der Waals surface area contributed by atoms with E-state index in [4.69, 9.17) is 5.11 Å². The highest BCUT2D eigenvalue weighted by molar-refractivity contribution is 5.77. The summed E-state index contributed by atoms with van der Waals surface area (Å²) in [7, 11) is 0. The van der Waals surface area contributed by atoms with Gasteiger partial charge in [0.25, 0.3) is 0 Å². The van der Waals surface area contributed by atoms with Gasteiger partial charge in [-0.05, 0) is 24.5 Å². The lowest BCUT2D eigenvalue weighted by Gasteiger charge is -2.20. The van der Waals surface area contributed by atoms with Gasteiger partial charge in [-0.15, -0.1) is 0 Å². The SMILES string of the molecule is CC(C)C(CCO)Nc1nc2ccccc2[nH]1. The zero-order valence-electron chi connectivity index (χ0n) is 10.3. The highest BCUT2D eigenvalue weighted by Gasteiger charge is 2.14. The number of imidazole rings is 1. The minimum absolute atomic E-state index is 0.191. The van der Waals surface area contributed by atoms with Crippen molar-refractivity contribution in [1.29, 1.82) is 0 Å². The van der Waals surface area contributed by atoms with Crippen molar-refractivity contribution in [3.63, 3.8) is 0 Å². The topological polar surface area (TPSA) is 60.9 Å². The zero-order chi connectivity index (χ0) is 12.3. The van der Waals surface area contributed by atoms with E-state index in [1.807, 2.05) is 24.3 Å². The van der Waals surface area contributed by atoms with E-state index >= 15 is 0 Å². The van der Waals surface area contributed by atoms with E-state index in [0.717, 1.165) is 23.4 Å². The van der Waals surface area contributed by atoms with Crippen molar-refractivity contribution >= 4 is 17.0 Å². The van der Waals surface area contributed by atoms with Crippen LogP contribution in [0.5, 0.6) is 0 Å². The summed E-state index contributed by atoms with van der Waals surface area (Å²) >= 11 is 0. The molecule has 1 heterocycles. The largest absolute Gasteiger partial charge is 0.396 e. The first-order valence-corrected chi connectivity index (χ1v) is 6.03. The number of aromatic amines is 1. The Morgan fingerprint density at radius 3 is 2.76 bits per heavy atom. The Morgan fingerprint density at radius 1 is 1.35 bits per heavy atom. The molecule has 0 spiro atoms. The summed E-state index contributed by atoms with van der Waals surface area (Å²) in [5.74, 6) is 1.23. The minimum atomic E-state index is 0.191. The van der Waals surface area contributed by atoms with Gasteiger partial charge in [-0.1, -0.05) is 26.0 Å². The number of aromatic nitrogens is 2. The first-order valence-electron chi connectivity index (χ1n) is 6.03. The molecule has 2 rings (SSSR count). The summed E-state index contributed by atoms with van der Waals surface area (Å²) in [5.41, 5.74) is 1.99. The fourth-order valence-corrected chi connectivity index (χ4v) is 1.91. The van der Waals surface area contributed by atoms with Gasteiger partial charge in [0.1, 0.15) is 0 Å². The van der Waals surface area contributed by atoms with Gasteiger partial charge in [-0.25, -0.2) is 4.98 Å². The maximum absolute atomic E-state index is 9.03. The van der Waals surface area contributed by atoms with Gasteiger partial charge in [0, 0.05) is 12.6 Å². The molecule has 0 aliphatic rings. The molecule has 0 aliphatic heterocycles. The summed E-state index contributed by atoms with van der Waals surface area (Å²) in [6, 6.07) is 8.18. The van der Waals surface area contributed by atoms with Gasteiger partial charge in [0.15, 0.2) is 0 Å². The maximum Gasteiger partial charge on any atom is 0.201 e. The van der Waals surface area contributed by atoms with Crippen LogP contribution in [0.3, 0.4) is 0 Å². The normalized spacial score (nSPS) is 13.2. The van der Waals surface area contributed by atoms with Crippen LogP contribution < -0.4 is 5.32 Å². The molecule has 1 unspecified atom stereocenters. The second-order valence-corrected chi connectivity index (χ2v) is 4.61. The van der Waals surface area contributed by atoms with Crippen LogP contribution in [0.15, 0.2) is 24.3 Å². The van der Waals surface area contributed by atoms with Crippen molar-refractivity contribution in [3.05, 3.63) is 24.3 Å². The number of rotatable bonds is 5. The Balaban J connectivity index is 2.16. The molecule has 0 fully saturated rings. The lowest BCUT2D eigenvalue weighted by Crippen LogP contribution is -2.27. The fraction of sp³-hybridized carbons (Fsp3) is 0.462. The number of fused-ring (bicyclic) bond motifs is 1. The third kappa shape index (κ3) is 2.77. The summed E-state index contributed by atoms with van der Waals surface area (Å²) in [5, 5.41) is 12.4. The predicted octanol–water partition coefficient (Wildman–Crippen LogP) is 2.38. The van der Waals surface area contributed by atoms with Crippen LogP contribution in [-0.2, 0) is 0 Å². The molecule has 0 saturated carbocycles. The molecule has 2 aromatic rings. The fourth-order valence-electron chi connectivity index (χ4n) is 1.91. The molecule has 0 bridgehead atoms. The molecular formula is C13H19N3O. The number of hydrogen-bond donors (Lipinski definition) is 3. The van der Waals surface area contributed by atoms with E-state index < -0.39 is 0 Å². The van der Waals surface area contributed by atoms with Gasteiger partial charge in [0.05, 0.1) is 11.0 Å². The second kappa shape index (κ2) is 5.19. The maximum atomic E-state index is 9.03. The molecule has 17 heavy (non-hydrogen) atoms. The monoisotopic (exact) mass is 233 g/mol. The standard InChI is InChI=1S/C13H19N3O/c1-9(2)10(7-8-17)14-13-15-11-5-3-4-6-12(11)16-13/h3-6,9-10,17H,7-8H2,1-2H3,(H2,14,15,16). The summed E-state index contributed by atoms with van der Waals surface area (Å²) in [4.78, 5) is 7.70. The Labute approximate surface area is 101 Å². The zero-order valence-corrected chi connectivity index (χ0v) is 10.3. The number of para-hydroxylation sites is 2. The lowest BCUT2D eigenvalue weighted by atomic mass is 10.0. The Bertz CT molecular complexity index is 445. The van der Waals surface area contributed by atoms with Crippen LogP contribution in [0.1, 0.15) is 20.3 Å². The number of nitrogens with one attached hydrogen (secondary N) is 2. The second-order valence-electron chi connectivity index (χ2n) is 4.61. The summed E-state index contributed by atoms with van der Waals surface area (Å²) < 4.78 is 0. The number of nitrogens with zero attached hydrogens (tertiary/aromatic N) is 1. The first-order chi connectivity index (χ1) is 8.20. The number of benzene rings is 1. The van der Waals surface area contributed by atoms with Crippen molar-refractivity contribution in [2.24, 2.45) is 5.92 Å². The molecule has 0 radical (unpaired) electrons. The van der Waals surface area contributed by atoms with E-state index in [1.165, 1.54) is 0 Å². The summed E-state index contributed by atoms with van der Waals surface area (Å²) in [6.07, 6.45) is 0.731. The number of hydrogen-bond acceptors (Lipinski definition) is 3. The van der Waals surface area contributed by atoms with Crippen LogP contribution in [0.4, 0.5) is 5.95 Å².